The molecule has 1 N–H and O–H groups in total. The summed E-state index contributed by atoms with van der Waals surface area (Å²) in [7, 11) is 3.02. The van der Waals surface area contributed by atoms with Gasteiger partial charge >= 0.3 is 11.7 Å². The fraction of sp³-hybridized carbons (Fsp3) is 0.316. The van der Waals surface area contributed by atoms with Gasteiger partial charge in [0.15, 0.2) is 0 Å². The van der Waals surface area contributed by atoms with Crippen molar-refractivity contribution < 1.29 is 14.3 Å². The zero-order valence-electron chi connectivity index (χ0n) is 15.7. The average Bonchev–Trinajstić information content (AvgIpc) is 3.07. The van der Waals surface area contributed by atoms with E-state index >= 15 is 0 Å². The topological polar surface area (TPSA) is 82.3 Å². The first-order chi connectivity index (χ1) is 12.8. The van der Waals surface area contributed by atoms with Crippen LogP contribution >= 0.6 is 11.3 Å². The van der Waals surface area contributed by atoms with E-state index in [9.17, 15) is 14.4 Å². The SMILES string of the molecule is COC(=O)c1c(NC(=O)CCn2c(=O)n(C)c3ccccc32)sc(C)c1C. The Morgan fingerprint density at radius 2 is 1.85 bits per heavy atom. The number of hydrogen-bond acceptors (Lipinski definition) is 5. The lowest BCUT2D eigenvalue weighted by Gasteiger charge is -2.07. The van der Waals surface area contributed by atoms with Gasteiger partial charge in [0.1, 0.15) is 5.00 Å². The number of anilines is 1. The Kier molecular flexibility index (Phi) is 5.18. The molecule has 0 aliphatic carbocycles. The van der Waals surface area contributed by atoms with Crippen LogP contribution in [-0.4, -0.2) is 28.1 Å². The van der Waals surface area contributed by atoms with Gasteiger partial charge in [-0.15, -0.1) is 11.3 Å². The first-order valence-electron chi connectivity index (χ1n) is 8.47. The maximum absolute atomic E-state index is 12.4. The smallest absolute Gasteiger partial charge is 0.341 e. The quantitative estimate of drug-likeness (QED) is 0.683. The lowest BCUT2D eigenvalue weighted by molar-refractivity contribution is -0.116. The molecule has 2 aromatic heterocycles. The molecule has 7 nitrogen and oxygen atoms in total. The number of aromatic nitrogens is 2. The van der Waals surface area contributed by atoms with Crippen LogP contribution in [0.15, 0.2) is 29.1 Å². The molecule has 2 heterocycles. The van der Waals surface area contributed by atoms with Gasteiger partial charge in [0, 0.05) is 24.9 Å². The number of fused-ring (bicyclic) bond motifs is 1. The fourth-order valence-electron chi connectivity index (χ4n) is 3.04. The minimum absolute atomic E-state index is 0.116. The molecule has 1 amide bonds. The van der Waals surface area contributed by atoms with E-state index in [1.807, 2.05) is 38.1 Å². The molecule has 0 saturated carbocycles. The van der Waals surface area contributed by atoms with Crippen LogP contribution in [0.4, 0.5) is 5.00 Å². The maximum atomic E-state index is 12.4. The highest BCUT2D eigenvalue weighted by molar-refractivity contribution is 7.16. The molecule has 0 atom stereocenters. The Bertz CT molecular complexity index is 1090. The monoisotopic (exact) mass is 387 g/mol. The number of thiophene rings is 1. The third-order valence-electron chi connectivity index (χ3n) is 4.64. The number of esters is 1. The van der Waals surface area contributed by atoms with Gasteiger partial charge in [0.05, 0.1) is 23.7 Å². The molecule has 3 aromatic rings. The Hall–Kier alpha value is -2.87. The lowest BCUT2D eigenvalue weighted by Crippen LogP contribution is -2.24. The summed E-state index contributed by atoms with van der Waals surface area (Å²) in [6.45, 7) is 3.96. The van der Waals surface area contributed by atoms with Crippen molar-refractivity contribution in [1.82, 2.24) is 9.13 Å². The van der Waals surface area contributed by atoms with Crippen molar-refractivity contribution in [2.24, 2.45) is 7.05 Å². The van der Waals surface area contributed by atoms with E-state index in [0.717, 1.165) is 21.5 Å². The van der Waals surface area contributed by atoms with Crippen LogP contribution in [0.2, 0.25) is 0 Å². The second-order valence-corrected chi connectivity index (χ2v) is 7.48. The molecule has 8 heteroatoms. The molecule has 27 heavy (non-hydrogen) atoms. The maximum Gasteiger partial charge on any atom is 0.341 e. The summed E-state index contributed by atoms with van der Waals surface area (Å²) in [5.74, 6) is -0.737. The number of imidazole rings is 1. The minimum Gasteiger partial charge on any atom is -0.465 e. The van der Waals surface area contributed by atoms with E-state index in [4.69, 9.17) is 4.74 Å². The molecular formula is C19H21N3O4S. The molecule has 0 unspecified atom stereocenters. The number of amides is 1. The number of benzene rings is 1. The average molecular weight is 387 g/mol. The zero-order valence-corrected chi connectivity index (χ0v) is 16.5. The summed E-state index contributed by atoms with van der Waals surface area (Å²) in [5.41, 5.74) is 2.63. The van der Waals surface area contributed by atoms with Crippen molar-refractivity contribution in [1.29, 1.82) is 0 Å². The largest absolute Gasteiger partial charge is 0.465 e. The van der Waals surface area contributed by atoms with Gasteiger partial charge in [-0.05, 0) is 31.5 Å². The highest BCUT2D eigenvalue weighted by Crippen LogP contribution is 2.33. The second-order valence-electron chi connectivity index (χ2n) is 6.26. The highest BCUT2D eigenvalue weighted by atomic mass is 32.1. The third-order valence-corrected chi connectivity index (χ3v) is 5.76. The van der Waals surface area contributed by atoms with Gasteiger partial charge in [0.25, 0.3) is 0 Å². The predicted molar refractivity (Wildman–Crippen MR) is 106 cm³/mol. The van der Waals surface area contributed by atoms with Gasteiger partial charge in [-0.2, -0.15) is 0 Å². The molecule has 0 aliphatic rings. The number of carbonyl (C=O) groups is 2. The molecule has 0 radical (unpaired) electrons. The summed E-state index contributed by atoms with van der Waals surface area (Å²) in [4.78, 5) is 37.8. The summed E-state index contributed by atoms with van der Waals surface area (Å²) in [6.07, 6.45) is 0.116. The van der Waals surface area contributed by atoms with Crippen molar-refractivity contribution in [2.45, 2.75) is 26.8 Å². The van der Waals surface area contributed by atoms with Gasteiger partial charge in [-0.25, -0.2) is 9.59 Å². The predicted octanol–water partition coefficient (Wildman–Crippen LogP) is 2.83. The van der Waals surface area contributed by atoms with E-state index in [0.29, 0.717) is 10.6 Å². The fourth-order valence-corrected chi connectivity index (χ4v) is 4.11. The highest BCUT2D eigenvalue weighted by Gasteiger charge is 2.21. The van der Waals surface area contributed by atoms with Crippen LogP contribution in [0.25, 0.3) is 11.0 Å². The van der Waals surface area contributed by atoms with Gasteiger partial charge in [-0.3, -0.25) is 13.9 Å². The van der Waals surface area contributed by atoms with Crippen molar-refractivity contribution >= 4 is 39.2 Å². The Morgan fingerprint density at radius 3 is 2.52 bits per heavy atom. The van der Waals surface area contributed by atoms with Crippen LogP contribution in [0, 0.1) is 13.8 Å². The molecule has 142 valence electrons. The van der Waals surface area contributed by atoms with Crippen molar-refractivity contribution in [3.05, 3.63) is 50.8 Å². The molecule has 0 spiro atoms. The third kappa shape index (κ3) is 3.40. The number of ether oxygens (including phenoxy) is 1. The minimum atomic E-state index is -0.475. The van der Waals surface area contributed by atoms with E-state index < -0.39 is 5.97 Å². The van der Waals surface area contributed by atoms with Crippen LogP contribution in [0.3, 0.4) is 0 Å². The van der Waals surface area contributed by atoms with Crippen LogP contribution in [0.5, 0.6) is 0 Å². The molecular weight excluding hydrogens is 366 g/mol. The molecule has 0 saturated heterocycles. The molecule has 0 bridgehead atoms. The standard InChI is InChI=1S/C19H21N3O4S/c1-11-12(2)27-17(16(11)18(24)26-4)20-15(23)9-10-22-14-8-6-5-7-13(14)21(3)19(22)25/h5-8H,9-10H2,1-4H3,(H,20,23). The summed E-state index contributed by atoms with van der Waals surface area (Å²) >= 11 is 1.34. The number of nitrogens with zero attached hydrogens (tertiary/aromatic N) is 2. The van der Waals surface area contributed by atoms with Crippen molar-refractivity contribution in [3.63, 3.8) is 0 Å². The number of aryl methyl sites for hydroxylation is 3. The van der Waals surface area contributed by atoms with E-state index in [-0.39, 0.29) is 24.6 Å². The van der Waals surface area contributed by atoms with Crippen LogP contribution in [0.1, 0.15) is 27.2 Å². The Balaban J connectivity index is 1.79. The van der Waals surface area contributed by atoms with Crippen LogP contribution < -0.4 is 11.0 Å². The van der Waals surface area contributed by atoms with Crippen molar-refractivity contribution in [2.75, 3.05) is 12.4 Å². The number of carbonyl (C=O) groups excluding carboxylic acids is 2. The first kappa shape index (κ1) is 18.9. The summed E-state index contributed by atoms with van der Waals surface area (Å²) < 4.78 is 7.97. The van der Waals surface area contributed by atoms with E-state index in [1.54, 1.807) is 16.2 Å². The molecule has 3 rings (SSSR count). The second kappa shape index (κ2) is 7.40. The zero-order chi connectivity index (χ0) is 19.7. The number of nitrogens with one attached hydrogen (secondary N) is 1. The summed E-state index contributed by atoms with van der Waals surface area (Å²) in [6, 6.07) is 7.45. The molecule has 0 fully saturated rings. The van der Waals surface area contributed by atoms with Crippen LogP contribution in [-0.2, 0) is 23.1 Å². The summed E-state index contributed by atoms with van der Waals surface area (Å²) in [5, 5.41) is 3.27. The molecule has 1 aromatic carbocycles. The normalized spacial score (nSPS) is 11.0. The Labute approximate surface area is 160 Å². The number of methoxy groups -OCH3 is 1. The number of para-hydroxylation sites is 2. The van der Waals surface area contributed by atoms with E-state index in [1.165, 1.54) is 18.4 Å². The van der Waals surface area contributed by atoms with E-state index in [2.05, 4.69) is 5.32 Å². The molecule has 0 aliphatic heterocycles. The van der Waals surface area contributed by atoms with Crippen molar-refractivity contribution in [3.8, 4) is 0 Å². The Morgan fingerprint density at radius 1 is 1.19 bits per heavy atom. The first-order valence-corrected chi connectivity index (χ1v) is 9.29. The lowest BCUT2D eigenvalue weighted by atomic mass is 10.1. The number of hydrogen-bond donors (Lipinski definition) is 1. The van der Waals surface area contributed by atoms with Gasteiger partial charge in [-0.1, -0.05) is 12.1 Å². The van der Waals surface area contributed by atoms with Gasteiger partial charge < -0.3 is 10.1 Å². The van der Waals surface area contributed by atoms with Gasteiger partial charge in [0.2, 0.25) is 5.91 Å². The number of rotatable bonds is 5.